The number of carbonyl (C=O) groups is 1. The highest BCUT2D eigenvalue weighted by Crippen LogP contribution is 2.56. The summed E-state index contributed by atoms with van der Waals surface area (Å²) < 4.78 is 40.6. The largest absolute Gasteiger partial charge is 0.454 e. The van der Waals surface area contributed by atoms with Crippen molar-refractivity contribution < 1.29 is 27.4 Å². The summed E-state index contributed by atoms with van der Waals surface area (Å²) in [7, 11) is -3.47. The van der Waals surface area contributed by atoms with Gasteiger partial charge < -0.3 is 25.3 Å². The number of hydrogen-bond acceptors (Lipinski definition) is 7. The average molecular weight is 384 g/mol. The predicted octanol–water partition coefficient (Wildman–Crippen LogP) is 1.15. The van der Waals surface area contributed by atoms with Gasteiger partial charge in [-0.3, -0.25) is 0 Å². The quantitative estimate of drug-likeness (QED) is 0.799. The van der Waals surface area contributed by atoms with Crippen LogP contribution in [0.4, 0.5) is 4.79 Å². The molecule has 2 aliphatic rings. The molecule has 1 heterocycles. The minimum Gasteiger partial charge on any atom is -0.454 e. The van der Waals surface area contributed by atoms with Crippen LogP contribution in [0.3, 0.4) is 0 Å². The molecule has 9 heteroatoms. The average Bonchev–Trinajstić information content (AvgIpc) is 2.93. The molecule has 1 saturated carbocycles. The van der Waals surface area contributed by atoms with Crippen LogP contribution in [0.25, 0.3) is 0 Å². The SMILES string of the molecule is CC(C)(C)OC(=O)N[C@@]1(CN)[C@H](c2ccc3c(c2)OCO3)[C@@H]1S(C)(=O)=O. The lowest BCUT2D eigenvalue weighted by Crippen LogP contribution is -2.48. The summed E-state index contributed by atoms with van der Waals surface area (Å²) in [5, 5.41) is 1.87. The van der Waals surface area contributed by atoms with E-state index in [1.165, 1.54) is 0 Å². The number of sulfone groups is 1. The van der Waals surface area contributed by atoms with Gasteiger partial charge in [-0.15, -0.1) is 0 Å². The van der Waals surface area contributed by atoms with Crippen LogP contribution in [0, 0.1) is 0 Å². The summed E-state index contributed by atoms with van der Waals surface area (Å²) in [4.78, 5) is 12.3. The first kappa shape index (κ1) is 18.8. The smallest absolute Gasteiger partial charge is 0.408 e. The molecule has 1 aliphatic carbocycles. The Morgan fingerprint density at radius 1 is 1.35 bits per heavy atom. The van der Waals surface area contributed by atoms with Crippen LogP contribution in [0.5, 0.6) is 11.5 Å². The van der Waals surface area contributed by atoms with Crippen LogP contribution >= 0.6 is 0 Å². The van der Waals surface area contributed by atoms with Crippen molar-refractivity contribution in [3.63, 3.8) is 0 Å². The van der Waals surface area contributed by atoms with Gasteiger partial charge in [0.2, 0.25) is 6.79 Å². The molecule has 1 aromatic carbocycles. The third-order valence-electron chi connectivity index (χ3n) is 4.54. The number of ether oxygens (including phenoxy) is 3. The molecule has 144 valence electrons. The zero-order chi connectivity index (χ0) is 19.3. The molecule has 1 aliphatic heterocycles. The van der Waals surface area contributed by atoms with Crippen molar-refractivity contribution in [1.82, 2.24) is 5.32 Å². The van der Waals surface area contributed by atoms with Crippen LogP contribution < -0.4 is 20.5 Å². The van der Waals surface area contributed by atoms with Crippen molar-refractivity contribution in [3.05, 3.63) is 23.8 Å². The molecule has 0 saturated heterocycles. The van der Waals surface area contributed by atoms with E-state index >= 15 is 0 Å². The highest BCUT2D eigenvalue weighted by atomic mass is 32.2. The van der Waals surface area contributed by atoms with Crippen LogP contribution in [-0.2, 0) is 14.6 Å². The maximum absolute atomic E-state index is 12.3. The van der Waals surface area contributed by atoms with Crippen molar-refractivity contribution in [2.24, 2.45) is 5.73 Å². The van der Waals surface area contributed by atoms with E-state index in [9.17, 15) is 13.2 Å². The number of nitrogens with one attached hydrogen (secondary N) is 1. The second-order valence-electron chi connectivity index (χ2n) is 7.71. The lowest BCUT2D eigenvalue weighted by atomic mass is 10.1. The Balaban J connectivity index is 1.93. The van der Waals surface area contributed by atoms with E-state index in [2.05, 4.69) is 5.32 Å². The normalized spacial score (nSPS) is 27.1. The minimum atomic E-state index is -3.47. The Morgan fingerprint density at radius 3 is 2.58 bits per heavy atom. The number of alkyl carbamates (subject to hydrolysis) is 1. The van der Waals surface area contributed by atoms with E-state index in [1.54, 1.807) is 39.0 Å². The number of nitrogens with two attached hydrogens (primary N) is 1. The number of benzene rings is 1. The molecule has 1 fully saturated rings. The summed E-state index contributed by atoms with van der Waals surface area (Å²) in [5.74, 6) is 0.651. The standard InChI is InChI=1S/C17H24N2O6S/c1-16(2,3)25-15(20)19-17(8-18)13(14(17)26(4,21)22)10-5-6-11-12(7-10)24-9-23-11/h5-7,13-14H,8-9,18H2,1-4H3,(H,19,20)/t13-,14+,17+/m1/s1. The Kier molecular flexibility index (Phi) is 4.35. The Bertz CT molecular complexity index is 832. The van der Waals surface area contributed by atoms with Gasteiger partial charge in [0.15, 0.2) is 21.3 Å². The number of amides is 1. The van der Waals surface area contributed by atoms with E-state index in [4.69, 9.17) is 19.9 Å². The van der Waals surface area contributed by atoms with Crippen LogP contribution in [-0.4, -0.2) is 50.5 Å². The monoisotopic (exact) mass is 384 g/mol. The van der Waals surface area contributed by atoms with Crippen LogP contribution in [0.15, 0.2) is 18.2 Å². The minimum absolute atomic E-state index is 0.0386. The van der Waals surface area contributed by atoms with E-state index < -0.39 is 38.2 Å². The zero-order valence-electron chi connectivity index (χ0n) is 15.2. The molecule has 3 rings (SSSR count). The van der Waals surface area contributed by atoms with Crippen LogP contribution in [0.2, 0.25) is 0 Å². The van der Waals surface area contributed by atoms with E-state index in [0.717, 1.165) is 6.26 Å². The third kappa shape index (κ3) is 3.33. The summed E-state index contributed by atoms with van der Waals surface area (Å²) in [6.07, 6.45) is 0.450. The second kappa shape index (κ2) is 6.02. The topological polar surface area (TPSA) is 117 Å². The molecule has 26 heavy (non-hydrogen) atoms. The highest BCUT2D eigenvalue weighted by Gasteiger charge is 2.70. The van der Waals surface area contributed by atoms with Gasteiger partial charge in [0.05, 0.1) is 10.8 Å². The van der Waals surface area contributed by atoms with Gasteiger partial charge in [0, 0.05) is 18.7 Å². The molecule has 0 spiro atoms. The Labute approximate surface area is 152 Å². The molecule has 8 nitrogen and oxygen atoms in total. The summed E-state index contributed by atoms with van der Waals surface area (Å²) in [5.41, 5.74) is 4.81. The maximum Gasteiger partial charge on any atom is 0.408 e. The summed E-state index contributed by atoms with van der Waals surface area (Å²) in [6, 6.07) is 5.23. The van der Waals surface area contributed by atoms with Crippen LogP contribution in [0.1, 0.15) is 32.3 Å². The van der Waals surface area contributed by atoms with Gasteiger partial charge in [0.25, 0.3) is 0 Å². The van der Waals surface area contributed by atoms with Gasteiger partial charge >= 0.3 is 6.09 Å². The summed E-state index contributed by atoms with van der Waals surface area (Å²) in [6.45, 7) is 5.29. The maximum atomic E-state index is 12.3. The van der Waals surface area contributed by atoms with Gasteiger partial charge in [-0.05, 0) is 38.5 Å². The Morgan fingerprint density at radius 2 is 2.00 bits per heavy atom. The van der Waals surface area contributed by atoms with Gasteiger partial charge in [0.1, 0.15) is 5.60 Å². The predicted molar refractivity (Wildman–Crippen MR) is 95.1 cm³/mol. The molecule has 0 radical (unpaired) electrons. The first-order chi connectivity index (χ1) is 12.0. The fourth-order valence-electron chi connectivity index (χ4n) is 3.55. The number of carbonyl (C=O) groups excluding carboxylic acids is 1. The fraction of sp³-hybridized carbons (Fsp3) is 0.588. The van der Waals surface area contributed by atoms with E-state index in [1.807, 2.05) is 0 Å². The molecule has 3 atom stereocenters. The first-order valence-electron chi connectivity index (χ1n) is 8.27. The molecular weight excluding hydrogens is 360 g/mol. The Hall–Kier alpha value is -2.00. The second-order valence-corrected chi connectivity index (χ2v) is 9.88. The van der Waals surface area contributed by atoms with Crippen molar-refractivity contribution in [2.75, 3.05) is 19.6 Å². The lowest BCUT2D eigenvalue weighted by molar-refractivity contribution is 0.0497. The summed E-state index contributed by atoms with van der Waals surface area (Å²) >= 11 is 0. The van der Waals surface area contributed by atoms with Gasteiger partial charge in [-0.25, -0.2) is 13.2 Å². The fourth-order valence-corrected chi connectivity index (χ4v) is 5.43. The molecule has 0 aromatic heterocycles. The number of hydrogen-bond donors (Lipinski definition) is 2. The number of fused-ring (bicyclic) bond motifs is 1. The van der Waals surface area contributed by atoms with E-state index in [0.29, 0.717) is 17.1 Å². The molecule has 3 N–H and O–H groups in total. The zero-order valence-corrected chi connectivity index (χ0v) is 16.1. The highest BCUT2D eigenvalue weighted by molar-refractivity contribution is 7.91. The lowest BCUT2D eigenvalue weighted by Gasteiger charge is -2.24. The van der Waals surface area contributed by atoms with Gasteiger partial charge in [-0.2, -0.15) is 0 Å². The van der Waals surface area contributed by atoms with Crippen molar-refractivity contribution in [2.45, 2.75) is 43.1 Å². The molecule has 0 unspecified atom stereocenters. The third-order valence-corrected chi connectivity index (χ3v) is 6.16. The van der Waals surface area contributed by atoms with Crippen molar-refractivity contribution >= 4 is 15.9 Å². The molecule has 0 bridgehead atoms. The molecular formula is C17H24N2O6S. The first-order valence-corrected chi connectivity index (χ1v) is 10.2. The molecule has 1 amide bonds. The number of rotatable bonds is 4. The van der Waals surface area contributed by atoms with Crippen molar-refractivity contribution in [1.29, 1.82) is 0 Å². The molecule has 1 aromatic rings. The van der Waals surface area contributed by atoms with Gasteiger partial charge in [-0.1, -0.05) is 6.07 Å². The van der Waals surface area contributed by atoms with Crippen molar-refractivity contribution in [3.8, 4) is 11.5 Å². The van der Waals surface area contributed by atoms with E-state index in [-0.39, 0.29) is 13.3 Å².